The predicted molar refractivity (Wildman–Crippen MR) is 114 cm³/mol. The van der Waals surface area contributed by atoms with Crippen LogP contribution in [0.2, 0.25) is 0 Å². The largest absolute Gasteiger partial charge is 0.483 e. The smallest absolute Gasteiger partial charge is 0.262 e. The Morgan fingerprint density at radius 2 is 1.66 bits per heavy atom. The molecule has 0 aromatic heterocycles. The lowest BCUT2D eigenvalue weighted by molar-refractivity contribution is -0.118. The Morgan fingerprint density at radius 3 is 2.41 bits per heavy atom. The van der Waals surface area contributed by atoms with Gasteiger partial charge in [-0.05, 0) is 49.2 Å². The van der Waals surface area contributed by atoms with Crippen LogP contribution in [0.5, 0.6) is 5.75 Å². The molecule has 1 atom stereocenters. The molecule has 3 rings (SSSR count). The molecule has 148 valence electrons. The molecule has 0 unspecified atom stereocenters. The van der Waals surface area contributed by atoms with Crippen LogP contribution in [0.15, 0.2) is 78.9 Å². The van der Waals surface area contributed by atoms with E-state index in [2.05, 4.69) is 10.6 Å². The number of ether oxygens (including phenoxy) is 1. The summed E-state index contributed by atoms with van der Waals surface area (Å²) in [4.78, 5) is 24.9. The molecule has 0 radical (unpaired) electrons. The molecule has 29 heavy (non-hydrogen) atoms. The molecule has 3 aromatic carbocycles. The standard InChI is InChI=1S/C24H24N2O3/c1-17-9-8-12-20(15-17)26-23(27)16-29-22-14-7-6-13-21(22)24(28)25-18(2)19-10-4-3-5-11-19/h3-15,18H,16H2,1-2H3,(H,25,28)(H,26,27)/t18-/m0/s1. The van der Waals surface area contributed by atoms with Crippen LogP contribution in [-0.4, -0.2) is 18.4 Å². The number of hydrogen-bond donors (Lipinski definition) is 2. The molecule has 0 spiro atoms. The fourth-order valence-corrected chi connectivity index (χ4v) is 2.94. The van der Waals surface area contributed by atoms with Crippen LogP contribution in [-0.2, 0) is 4.79 Å². The van der Waals surface area contributed by atoms with E-state index in [1.54, 1.807) is 24.3 Å². The summed E-state index contributed by atoms with van der Waals surface area (Å²) in [6.45, 7) is 3.69. The van der Waals surface area contributed by atoms with Crippen molar-refractivity contribution in [3.63, 3.8) is 0 Å². The number of aryl methyl sites for hydroxylation is 1. The van der Waals surface area contributed by atoms with Gasteiger partial charge in [0.2, 0.25) is 0 Å². The first-order chi connectivity index (χ1) is 14.0. The molecule has 5 nitrogen and oxygen atoms in total. The lowest BCUT2D eigenvalue weighted by Crippen LogP contribution is -2.27. The van der Waals surface area contributed by atoms with Crippen molar-refractivity contribution in [2.45, 2.75) is 19.9 Å². The number of benzene rings is 3. The summed E-state index contributed by atoms with van der Waals surface area (Å²) in [5, 5.41) is 5.76. The van der Waals surface area contributed by atoms with Crippen LogP contribution in [0.3, 0.4) is 0 Å². The van der Waals surface area contributed by atoms with Gasteiger partial charge < -0.3 is 15.4 Å². The van der Waals surface area contributed by atoms with Crippen molar-refractivity contribution in [2.24, 2.45) is 0 Å². The van der Waals surface area contributed by atoms with Gasteiger partial charge in [-0.15, -0.1) is 0 Å². The van der Waals surface area contributed by atoms with Crippen molar-refractivity contribution in [1.29, 1.82) is 0 Å². The van der Waals surface area contributed by atoms with Gasteiger partial charge in [0.05, 0.1) is 11.6 Å². The first kappa shape index (κ1) is 20.1. The van der Waals surface area contributed by atoms with Gasteiger partial charge >= 0.3 is 0 Å². The Morgan fingerprint density at radius 1 is 0.931 bits per heavy atom. The van der Waals surface area contributed by atoms with Crippen LogP contribution < -0.4 is 15.4 Å². The van der Waals surface area contributed by atoms with E-state index in [0.29, 0.717) is 17.0 Å². The Hall–Kier alpha value is -3.60. The van der Waals surface area contributed by atoms with E-state index in [4.69, 9.17) is 4.74 Å². The molecule has 0 saturated carbocycles. The third kappa shape index (κ3) is 5.69. The Kier molecular flexibility index (Phi) is 6.63. The molecular weight excluding hydrogens is 364 g/mol. The second-order valence-electron chi connectivity index (χ2n) is 6.81. The van der Waals surface area contributed by atoms with Crippen molar-refractivity contribution in [2.75, 3.05) is 11.9 Å². The number of carbonyl (C=O) groups is 2. The maximum Gasteiger partial charge on any atom is 0.262 e. The van der Waals surface area contributed by atoms with Gasteiger partial charge in [-0.2, -0.15) is 0 Å². The van der Waals surface area contributed by atoms with E-state index in [1.165, 1.54) is 0 Å². The highest BCUT2D eigenvalue weighted by Gasteiger charge is 2.16. The SMILES string of the molecule is Cc1cccc(NC(=O)COc2ccccc2C(=O)N[C@@H](C)c2ccccc2)c1. The number of carbonyl (C=O) groups excluding carboxylic acids is 2. The van der Waals surface area contributed by atoms with E-state index in [1.807, 2.05) is 68.4 Å². The molecule has 0 bridgehead atoms. The van der Waals surface area contributed by atoms with Crippen LogP contribution in [0.4, 0.5) is 5.69 Å². The van der Waals surface area contributed by atoms with Gasteiger partial charge in [0, 0.05) is 5.69 Å². The molecule has 5 heteroatoms. The fourth-order valence-electron chi connectivity index (χ4n) is 2.94. The molecule has 0 saturated heterocycles. The van der Waals surface area contributed by atoms with E-state index in [-0.39, 0.29) is 24.5 Å². The quantitative estimate of drug-likeness (QED) is 0.626. The first-order valence-electron chi connectivity index (χ1n) is 9.47. The van der Waals surface area contributed by atoms with Gasteiger partial charge in [-0.1, -0.05) is 54.6 Å². The van der Waals surface area contributed by atoms with E-state index in [0.717, 1.165) is 11.1 Å². The lowest BCUT2D eigenvalue weighted by atomic mass is 10.1. The van der Waals surface area contributed by atoms with Crippen molar-refractivity contribution < 1.29 is 14.3 Å². The summed E-state index contributed by atoms with van der Waals surface area (Å²) in [7, 11) is 0. The van der Waals surface area contributed by atoms with Crippen molar-refractivity contribution in [3.05, 3.63) is 95.6 Å². The number of anilines is 1. The molecule has 3 aromatic rings. The molecule has 2 N–H and O–H groups in total. The molecule has 0 aliphatic rings. The monoisotopic (exact) mass is 388 g/mol. The van der Waals surface area contributed by atoms with Crippen LogP contribution in [0.25, 0.3) is 0 Å². The average Bonchev–Trinajstić information content (AvgIpc) is 2.73. The van der Waals surface area contributed by atoms with Crippen molar-refractivity contribution in [1.82, 2.24) is 5.32 Å². The Labute approximate surface area is 170 Å². The maximum absolute atomic E-state index is 12.7. The van der Waals surface area contributed by atoms with Crippen LogP contribution >= 0.6 is 0 Å². The van der Waals surface area contributed by atoms with Gasteiger partial charge in [0.15, 0.2) is 6.61 Å². The van der Waals surface area contributed by atoms with Gasteiger partial charge in [-0.3, -0.25) is 9.59 Å². The van der Waals surface area contributed by atoms with Crippen LogP contribution in [0, 0.1) is 6.92 Å². The average molecular weight is 388 g/mol. The first-order valence-corrected chi connectivity index (χ1v) is 9.47. The minimum absolute atomic E-state index is 0.152. The minimum Gasteiger partial charge on any atom is -0.483 e. The molecule has 2 amide bonds. The molecule has 0 heterocycles. The summed E-state index contributed by atoms with van der Waals surface area (Å²) in [6, 6.07) is 24.0. The van der Waals surface area contributed by atoms with Gasteiger partial charge in [0.1, 0.15) is 5.75 Å². The number of amides is 2. The van der Waals surface area contributed by atoms with Crippen LogP contribution in [0.1, 0.15) is 34.5 Å². The molecule has 0 aliphatic heterocycles. The van der Waals surface area contributed by atoms with Gasteiger partial charge in [0.25, 0.3) is 11.8 Å². The van der Waals surface area contributed by atoms with E-state index >= 15 is 0 Å². The summed E-state index contributed by atoms with van der Waals surface area (Å²) < 4.78 is 5.64. The zero-order chi connectivity index (χ0) is 20.6. The topological polar surface area (TPSA) is 67.4 Å². The molecule has 0 fully saturated rings. The predicted octanol–water partition coefficient (Wildman–Crippen LogP) is 4.50. The summed E-state index contributed by atoms with van der Waals surface area (Å²) in [5.74, 6) is -0.177. The fraction of sp³-hybridized carbons (Fsp3) is 0.167. The Balaban J connectivity index is 1.62. The van der Waals surface area contributed by atoms with E-state index in [9.17, 15) is 9.59 Å². The summed E-state index contributed by atoms with van der Waals surface area (Å²) in [5.41, 5.74) is 3.16. The lowest BCUT2D eigenvalue weighted by Gasteiger charge is -2.16. The third-order valence-corrected chi connectivity index (χ3v) is 4.44. The number of nitrogens with one attached hydrogen (secondary N) is 2. The normalized spacial score (nSPS) is 11.4. The van der Waals surface area contributed by atoms with E-state index < -0.39 is 0 Å². The highest BCUT2D eigenvalue weighted by molar-refractivity contribution is 5.97. The Bertz CT molecular complexity index is 986. The second kappa shape index (κ2) is 9.55. The number of para-hydroxylation sites is 1. The highest BCUT2D eigenvalue weighted by Crippen LogP contribution is 2.20. The zero-order valence-electron chi connectivity index (χ0n) is 16.5. The van der Waals surface area contributed by atoms with Gasteiger partial charge in [-0.25, -0.2) is 0 Å². The molecular formula is C24H24N2O3. The molecule has 0 aliphatic carbocycles. The highest BCUT2D eigenvalue weighted by atomic mass is 16.5. The minimum atomic E-state index is -0.288. The van der Waals surface area contributed by atoms with Crippen molar-refractivity contribution >= 4 is 17.5 Å². The second-order valence-corrected chi connectivity index (χ2v) is 6.81. The number of rotatable bonds is 7. The van der Waals surface area contributed by atoms with Crippen molar-refractivity contribution in [3.8, 4) is 5.75 Å². The zero-order valence-corrected chi connectivity index (χ0v) is 16.5. The summed E-state index contributed by atoms with van der Waals surface area (Å²) >= 11 is 0. The third-order valence-electron chi connectivity index (χ3n) is 4.44. The summed E-state index contributed by atoms with van der Waals surface area (Å²) in [6.07, 6.45) is 0. The number of hydrogen-bond acceptors (Lipinski definition) is 3. The maximum atomic E-state index is 12.7.